The summed E-state index contributed by atoms with van der Waals surface area (Å²) in [5.74, 6) is -0.961. The fourth-order valence-corrected chi connectivity index (χ4v) is 2.63. The van der Waals surface area contributed by atoms with Gasteiger partial charge in [0, 0.05) is 20.0 Å². The van der Waals surface area contributed by atoms with Crippen molar-refractivity contribution in [3.05, 3.63) is 53.3 Å². The van der Waals surface area contributed by atoms with Crippen LogP contribution in [0.3, 0.4) is 0 Å². The Labute approximate surface area is 141 Å². The summed E-state index contributed by atoms with van der Waals surface area (Å²) in [7, 11) is 1.69. The lowest BCUT2D eigenvalue weighted by Crippen LogP contribution is -2.28. The smallest absolute Gasteiger partial charge is 0.303 e. The van der Waals surface area contributed by atoms with E-state index in [9.17, 15) is 9.59 Å². The van der Waals surface area contributed by atoms with Crippen molar-refractivity contribution < 1.29 is 14.7 Å². The minimum atomic E-state index is -0.847. The first kappa shape index (κ1) is 17.7. The van der Waals surface area contributed by atoms with E-state index in [1.54, 1.807) is 18.1 Å². The van der Waals surface area contributed by atoms with Crippen LogP contribution in [0.25, 0.3) is 0 Å². The molecule has 0 aliphatic carbocycles. The van der Waals surface area contributed by atoms with Gasteiger partial charge in [-0.3, -0.25) is 14.3 Å². The molecule has 0 unspecified atom stereocenters. The number of rotatable bonds is 8. The van der Waals surface area contributed by atoms with Gasteiger partial charge in [-0.05, 0) is 18.4 Å². The predicted octanol–water partition coefficient (Wildman–Crippen LogP) is 2.43. The van der Waals surface area contributed by atoms with Gasteiger partial charge < -0.3 is 10.0 Å². The first-order valence-corrected chi connectivity index (χ1v) is 8.08. The highest BCUT2D eigenvalue weighted by Gasteiger charge is 2.19. The monoisotopic (exact) mass is 329 g/mol. The maximum atomic E-state index is 12.6. The van der Waals surface area contributed by atoms with Gasteiger partial charge in [-0.1, -0.05) is 37.3 Å². The van der Waals surface area contributed by atoms with Gasteiger partial charge in [-0.25, -0.2) is 0 Å². The maximum Gasteiger partial charge on any atom is 0.303 e. The predicted molar refractivity (Wildman–Crippen MR) is 91.0 cm³/mol. The highest BCUT2D eigenvalue weighted by atomic mass is 16.4. The molecule has 0 aliphatic heterocycles. The zero-order valence-electron chi connectivity index (χ0n) is 14.1. The Kier molecular flexibility index (Phi) is 6.12. The van der Waals surface area contributed by atoms with Crippen molar-refractivity contribution >= 4 is 11.9 Å². The first-order valence-electron chi connectivity index (χ1n) is 8.08. The third kappa shape index (κ3) is 4.44. The van der Waals surface area contributed by atoms with E-state index in [-0.39, 0.29) is 12.3 Å². The fourth-order valence-electron chi connectivity index (χ4n) is 2.63. The number of amides is 1. The third-order valence-corrected chi connectivity index (χ3v) is 3.92. The number of nitrogens with zero attached hydrogens (tertiary/aromatic N) is 3. The number of aromatic nitrogens is 2. The van der Waals surface area contributed by atoms with Crippen molar-refractivity contribution in [3.8, 4) is 0 Å². The van der Waals surface area contributed by atoms with E-state index in [4.69, 9.17) is 5.11 Å². The van der Waals surface area contributed by atoms with Gasteiger partial charge in [0.2, 0.25) is 0 Å². The van der Waals surface area contributed by atoms with Crippen molar-refractivity contribution in [2.75, 3.05) is 13.6 Å². The lowest BCUT2D eigenvalue weighted by Gasteiger charge is -2.17. The Morgan fingerprint density at radius 1 is 1.25 bits per heavy atom. The molecule has 0 atom stereocenters. The Morgan fingerprint density at radius 2 is 1.96 bits per heavy atom. The summed E-state index contributed by atoms with van der Waals surface area (Å²) < 4.78 is 1.85. The number of benzene rings is 1. The number of hydrogen-bond donors (Lipinski definition) is 1. The van der Waals surface area contributed by atoms with Crippen LogP contribution in [-0.4, -0.2) is 45.3 Å². The van der Waals surface area contributed by atoms with Crippen molar-refractivity contribution in [1.29, 1.82) is 0 Å². The molecule has 128 valence electrons. The molecule has 1 aromatic carbocycles. The van der Waals surface area contributed by atoms with Gasteiger partial charge in [-0.2, -0.15) is 5.10 Å². The number of carbonyl (C=O) groups excluding carboxylic acids is 1. The normalized spacial score (nSPS) is 10.6. The van der Waals surface area contributed by atoms with Crippen LogP contribution in [0.15, 0.2) is 36.5 Å². The Morgan fingerprint density at radius 3 is 2.58 bits per heavy atom. The summed E-state index contributed by atoms with van der Waals surface area (Å²) in [5.41, 5.74) is 2.62. The van der Waals surface area contributed by atoms with Gasteiger partial charge >= 0.3 is 5.97 Å². The molecule has 0 fully saturated rings. The minimum absolute atomic E-state index is 0.0610. The second-order valence-corrected chi connectivity index (χ2v) is 5.73. The molecule has 6 nitrogen and oxygen atoms in total. The van der Waals surface area contributed by atoms with Crippen LogP contribution in [0.4, 0.5) is 0 Å². The van der Waals surface area contributed by atoms with E-state index in [2.05, 4.69) is 5.10 Å². The summed E-state index contributed by atoms with van der Waals surface area (Å²) in [5, 5.41) is 13.1. The third-order valence-electron chi connectivity index (χ3n) is 3.92. The van der Waals surface area contributed by atoms with Crippen LogP contribution in [-0.2, 0) is 17.8 Å². The average Bonchev–Trinajstić information content (AvgIpc) is 2.97. The Hall–Kier alpha value is -2.63. The van der Waals surface area contributed by atoms with Crippen LogP contribution in [0, 0.1) is 0 Å². The maximum absolute atomic E-state index is 12.6. The molecule has 1 amide bonds. The molecule has 0 bridgehead atoms. The molecular formula is C18H23N3O3. The average molecular weight is 329 g/mol. The summed E-state index contributed by atoms with van der Waals surface area (Å²) in [6, 6.07) is 9.98. The molecular weight excluding hydrogens is 306 g/mol. The zero-order chi connectivity index (χ0) is 17.5. The van der Waals surface area contributed by atoms with E-state index in [0.717, 1.165) is 11.3 Å². The summed E-state index contributed by atoms with van der Waals surface area (Å²) in [4.78, 5) is 24.7. The van der Waals surface area contributed by atoms with Gasteiger partial charge in [0.15, 0.2) is 0 Å². The highest BCUT2D eigenvalue weighted by molar-refractivity contribution is 5.95. The Balaban J connectivity index is 2.10. The second-order valence-electron chi connectivity index (χ2n) is 5.73. The Bertz CT molecular complexity index is 695. The largest absolute Gasteiger partial charge is 0.481 e. The highest BCUT2D eigenvalue weighted by Crippen LogP contribution is 2.14. The summed E-state index contributed by atoms with van der Waals surface area (Å²) in [6.45, 7) is 3.04. The van der Waals surface area contributed by atoms with Crippen LogP contribution < -0.4 is 0 Å². The van der Waals surface area contributed by atoms with Crippen LogP contribution in [0.2, 0.25) is 0 Å². The van der Waals surface area contributed by atoms with Gasteiger partial charge in [0.1, 0.15) is 0 Å². The van der Waals surface area contributed by atoms with Gasteiger partial charge in [-0.15, -0.1) is 0 Å². The van der Waals surface area contributed by atoms with Crippen LogP contribution in [0.5, 0.6) is 0 Å². The quantitative estimate of drug-likeness (QED) is 0.807. The molecule has 1 N–H and O–H groups in total. The molecule has 2 aromatic rings. The molecule has 0 radical (unpaired) electrons. The fraction of sp³-hybridized carbons (Fsp3) is 0.389. The number of hydrogen-bond acceptors (Lipinski definition) is 3. The van der Waals surface area contributed by atoms with Crippen LogP contribution >= 0.6 is 0 Å². The number of aliphatic carboxylic acids is 1. The molecule has 1 heterocycles. The summed E-state index contributed by atoms with van der Waals surface area (Å²) >= 11 is 0. The lowest BCUT2D eigenvalue weighted by molar-refractivity contribution is -0.137. The molecule has 0 saturated heterocycles. The molecule has 24 heavy (non-hydrogen) atoms. The van der Waals surface area contributed by atoms with Gasteiger partial charge in [0.25, 0.3) is 5.91 Å². The SMILES string of the molecule is CCc1c(C(=O)N(C)CCCC(=O)O)cnn1Cc1ccccc1. The summed E-state index contributed by atoms with van der Waals surface area (Å²) in [6.07, 6.45) is 2.82. The number of carboxylic acids is 1. The molecule has 1 aromatic heterocycles. The lowest BCUT2D eigenvalue weighted by atomic mass is 10.1. The van der Waals surface area contributed by atoms with Crippen molar-refractivity contribution in [1.82, 2.24) is 14.7 Å². The van der Waals surface area contributed by atoms with Crippen molar-refractivity contribution in [3.63, 3.8) is 0 Å². The first-order chi connectivity index (χ1) is 11.5. The molecule has 0 saturated carbocycles. The van der Waals surface area contributed by atoms with Crippen molar-refractivity contribution in [2.45, 2.75) is 32.7 Å². The van der Waals surface area contributed by atoms with E-state index in [1.165, 1.54) is 0 Å². The van der Waals surface area contributed by atoms with E-state index in [0.29, 0.717) is 31.5 Å². The number of carboxylic acid groups (broad SMARTS) is 1. The zero-order valence-corrected chi connectivity index (χ0v) is 14.1. The van der Waals surface area contributed by atoms with E-state index < -0.39 is 5.97 Å². The van der Waals surface area contributed by atoms with Crippen molar-refractivity contribution in [2.24, 2.45) is 0 Å². The number of carbonyl (C=O) groups is 2. The van der Waals surface area contributed by atoms with Crippen LogP contribution in [0.1, 0.15) is 41.4 Å². The van der Waals surface area contributed by atoms with E-state index in [1.807, 2.05) is 41.9 Å². The standard InChI is InChI=1S/C18H23N3O3/c1-3-16-15(18(24)20(2)11-7-10-17(22)23)12-19-21(16)13-14-8-5-4-6-9-14/h4-6,8-9,12H,3,7,10-11,13H2,1-2H3,(H,22,23). The minimum Gasteiger partial charge on any atom is -0.481 e. The van der Waals surface area contributed by atoms with E-state index >= 15 is 0 Å². The second kappa shape index (κ2) is 8.29. The molecule has 2 rings (SSSR count). The molecule has 6 heteroatoms. The molecule has 0 spiro atoms. The topological polar surface area (TPSA) is 75.4 Å². The van der Waals surface area contributed by atoms with Gasteiger partial charge in [0.05, 0.1) is 24.0 Å². The molecule has 0 aliphatic rings.